The van der Waals surface area contributed by atoms with Crippen LogP contribution in [0, 0.1) is 5.82 Å². The molecule has 1 amide bonds. The number of piperazine rings is 1. The van der Waals surface area contributed by atoms with E-state index in [-0.39, 0.29) is 11.7 Å². The van der Waals surface area contributed by atoms with Gasteiger partial charge in [0.15, 0.2) is 0 Å². The van der Waals surface area contributed by atoms with Crippen LogP contribution >= 0.6 is 0 Å². The number of nitrogens with zero attached hydrogens (tertiary/aromatic N) is 3. The number of amides is 1. The quantitative estimate of drug-likeness (QED) is 0.883. The molecule has 0 unspecified atom stereocenters. The van der Waals surface area contributed by atoms with Crippen molar-refractivity contribution in [3.8, 4) is 0 Å². The fourth-order valence-corrected chi connectivity index (χ4v) is 3.05. The fourth-order valence-electron chi connectivity index (χ4n) is 3.05. The first-order chi connectivity index (χ1) is 11.6. The average Bonchev–Trinajstić information content (AvgIpc) is 2.58. The SMILES string of the molecule is CN1CCN(CC(=O)Nc2ccc(N3CCOCC3)c(F)c2)CC1. The molecule has 1 N–H and O–H groups in total. The van der Waals surface area contributed by atoms with Gasteiger partial charge in [0, 0.05) is 45.0 Å². The van der Waals surface area contributed by atoms with E-state index in [9.17, 15) is 9.18 Å². The van der Waals surface area contributed by atoms with Crippen LogP contribution in [-0.4, -0.2) is 81.8 Å². The molecule has 6 nitrogen and oxygen atoms in total. The topological polar surface area (TPSA) is 48.0 Å². The molecule has 3 rings (SSSR count). The third kappa shape index (κ3) is 4.43. The zero-order valence-corrected chi connectivity index (χ0v) is 14.1. The van der Waals surface area contributed by atoms with Crippen molar-refractivity contribution in [3.05, 3.63) is 24.0 Å². The summed E-state index contributed by atoms with van der Waals surface area (Å²) < 4.78 is 19.6. The Kier molecular flexibility index (Phi) is 5.65. The molecule has 0 atom stereocenters. The van der Waals surface area contributed by atoms with Gasteiger partial charge in [-0.15, -0.1) is 0 Å². The van der Waals surface area contributed by atoms with Crippen LogP contribution in [0.1, 0.15) is 0 Å². The van der Waals surface area contributed by atoms with Crippen molar-refractivity contribution in [1.82, 2.24) is 9.80 Å². The second-order valence-corrected chi connectivity index (χ2v) is 6.39. The zero-order valence-electron chi connectivity index (χ0n) is 14.1. The Bertz CT molecular complexity index is 570. The Labute approximate surface area is 142 Å². The van der Waals surface area contributed by atoms with E-state index in [2.05, 4.69) is 22.2 Å². The summed E-state index contributed by atoms with van der Waals surface area (Å²) in [6.07, 6.45) is 0. The van der Waals surface area contributed by atoms with Crippen LogP contribution in [0.3, 0.4) is 0 Å². The molecule has 2 fully saturated rings. The van der Waals surface area contributed by atoms with Crippen molar-refractivity contribution < 1.29 is 13.9 Å². The van der Waals surface area contributed by atoms with Crippen LogP contribution in [0.5, 0.6) is 0 Å². The monoisotopic (exact) mass is 336 g/mol. The fraction of sp³-hybridized carbons (Fsp3) is 0.588. The van der Waals surface area contributed by atoms with Gasteiger partial charge in [0.25, 0.3) is 0 Å². The molecule has 0 saturated carbocycles. The lowest BCUT2D eigenvalue weighted by atomic mass is 10.2. The number of likely N-dealkylation sites (N-methyl/N-ethyl adjacent to an activating group) is 1. The number of hydrogen-bond donors (Lipinski definition) is 1. The number of anilines is 2. The molecule has 1 aromatic carbocycles. The maximum Gasteiger partial charge on any atom is 0.238 e. The maximum absolute atomic E-state index is 14.3. The van der Waals surface area contributed by atoms with Gasteiger partial charge in [0.05, 0.1) is 25.4 Å². The largest absolute Gasteiger partial charge is 0.378 e. The van der Waals surface area contributed by atoms with E-state index in [0.717, 1.165) is 26.2 Å². The molecule has 132 valence electrons. The van der Waals surface area contributed by atoms with Crippen LogP contribution in [0.25, 0.3) is 0 Å². The molecule has 0 bridgehead atoms. The summed E-state index contributed by atoms with van der Waals surface area (Å²) in [4.78, 5) is 18.5. The standard InChI is InChI=1S/C17H25FN4O2/c1-20-4-6-21(7-5-20)13-17(23)19-14-2-3-16(15(18)12-14)22-8-10-24-11-9-22/h2-3,12H,4-11,13H2,1H3,(H,19,23). The molecule has 0 radical (unpaired) electrons. The van der Waals surface area contributed by atoms with Gasteiger partial charge in [0.2, 0.25) is 5.91 Å². The van der Waals surface area contributed by atoms with Crippen molar-refractivity contribution in [2.24, 2.45) is 0 Å². The number of hydrogen-bond acceptors (Lipinski definition) is 5. The number of benzene rings is 1. The van der Waals surface area contributed by atoms with Crippen molar-refractivity contribution in [2.45, 2.75) is 0 Å². The Balaban J connectivity index is 1.55. The molecule has 24 heavy (non-hydrogen) atoms. The second-order valence-electron chi connectivity index (χ2n) is 6.39. The van der Waals surface area contributed by atoms with Gasteiger partial charge in [0.1, 0.15) is 5.82 Å². The van der Waals surface area contributed by atoms with Crippen molar-refractivity contribution in [2.75, 3.05) is 76.3 Å². The van der Waals surface area contributed by atoms with Crippen molar-refractivity contribution >= 4 is 17.3 Å². The summed E-state index contributed by atoms with van der Waals surface area (Å²) in [5.41, 5.74) is 1.07. The van der Waals surface area contributed by atoms with Gasteiger partial charge >= 0.3 is 0 Å². The van der Waals surface area contributed by atoms with Crippen molar-refractivity contribution in [3.63, 3.8) is 0 Å². The van der Waals surface area contributed by atoms with Crippen molar-refractivity contribution in [1.29, 1.82) is 0 Å². The van der Waals surface area contributed by atoms with Crippen LogP contribution < -0.4 is 10.2 Å². The smallest absolute Gasteiger partial charge is 0.238 e. The Morgan fingerprint density at radius 1 is 1.17 bits per heavy atom. The predicted molar refractivity (Wildman–Crippen MR) is 92.0 cm³/mol. The first-order valence-electron chi connectivity index (χ1n) is 8.45. The highest BCUT2D eigenvalue weighted by atomic mass is 19.1. The predicted octanol–water partition coefficient (Wildman–Crippen LogP) is 0.848. The third-order valence-electron chi connectivity index (χ3n) is 4.55. The molecule has 0 spiro atoms. The van der Waals surface area contributed by atoms with Crippen LogP contribution in [0.4, 0.5) is 15.8 Å². The van der Waals surface area contributed by atoms with E-state index >= 15 is 0 Å². The highest BCUT2D eigenvalue weighted by Gasteiger charge is 2.18. The molecular weight excluding hydrogens is 311 g/mol. The molecule has 2 aliphatic heterocycles. The molecule has 0 aromatic heterocycles. The molecule has 1 aromatic rings. The number of halogens is 1. The highest BCUT2D eigenvalue weighted by molar-refractivity contribution is 5.92. The van der Waals surface area contributed by atoms with Gasteiger partial charge in [-0.2, -0.15) is 0 Å². The molecular formula is C17H25FN4O2. The van der Waals surface area contributed by atoms with Gasteiger partial charge in [-0.1, -0.05) is 0 Å². The highest BCUT2D eigenvalue weighted by Crippen LogP contribution is 2.23. The Morgan fingerprint density at radius 2 is 1.88 bits per heavy atom. The van der Waals surface area contributed by atoms with E-state index in [1.807, 2.05) is 4.90 Å². The van der Waals surface area contributed by atoms with Gasteiger partial charge in [-0.3, -0.25) is 9.69 Å². The van der Waals surface area contributed by atoms with Gasteiger partial charge in [-0.05, 0) is 25.2 Å². The lowest BCUT2D eigenvalue weighted by Gasteiger charge is -2.31. The summed E-state index contributed by atoms with van der Waals surface area (Å²) in [5, 5.41) is 2.79. The number of morpholine rings is 1. The first-order valence-corrected chi connectivity index (χ1v) is 8.45. The first kappa shape index (κ1) is 17.1. The molecule has 0 aliphatic carbocycles. The normalized spacial score (nSPS) is 20.2. The van der Waals surface area contributed by atoms with E-state index in [0.29, 0.717) is 44.2 Å². The van der Waals surface area contributed by atoms with Crippen LogP contribution in [0.15, 0.2) is 18.2 Å². The molecule has 2 saturated heterocycles. The lowest BCUT2D eigenvalue weighted by Crippen LogP contribution is -2.47. The van der Waals surface area contributed by atoms with Crippen LogP contribution in [-0.2, 0) is 9.53 Å². The zero-order chi connectivity index (χ0) is 16.9. The lowest BCUT2D eigenvalue weighted by molar-refractivity contribution is -0.117. The van der Waals surface area contributed by atoms with E-state index in [1.54, 1.807) is 12.1 Å². The number of carbonyl (C=O) groups excluding carboxylic acids is 1. The minimum Gasteiger partial charge on any atom is -0.378 e. The van der Waals surface area contributed by atoms with E-state index in [4.69, 9.17) is 4.74 Å². The Morgan fingerprint density at radius 3 is 2.54 bits per heavy atom. The summed E-state index contributed by atoms with van der Waals surface area (Å²) in [6, 6.07) is 4.88. The number of rotatable bonds is 4. The van der Waals surface area contributed by atoms with E-state index in [1.165, 1.54) is 6.07 Å². The number of nitrogens with one attached hydrogen (secondary N) is 1. The number of ether oxygens (including phenoxy) is 1. The van der Waals surface area contributed by atoms with Crippen LogP contribution in [0.2, 0.25) is 0 Å². The van der Waals surface area contributed by atoms with E-state index < -0.39 is 0 Å². The van der Waals surface area contributed by atoms with Gasteiger partial charge in [-0.25, -0.2) is 4.39 Å². The summed E-state index contributed by atoms with van der Waals surface area (Å²) in [5.74, 6) is -0.410. The summed E-state index contributed by atoms with van der Waals surface area (Å²) >= 11 is 0. The molecule has 2 heterocycles. The Hall–Kier alpha value is -1.70. The second kappa shape index (κ2) is 7.92. The minimum atomic E-state index is -0.311. The summed E-state index contributed by atoms with van der Waals surface area (Å²) in [7, 11) is 2.08. The number of carbonyl (C=O) groups is 1. The third-order valence-corrected chi connectivity index (χ3v) is 4.55. The van der Waals surface area contributed by atoms with Gasteiger partial charge < -0.3 is 19.9 Å². The average molecular weight is 336 g/mol. The molecule has 7 heteroatoms. The maximum atomic E-state index is 14.3. The summed E-state index contributed by atoms with van der Waals surface area (Å²) in [6.45, 7) is 6.65. The minimum absolute atomic E-state index is 0.0990. The molecule has 2 aliphatic rings.